The van der Waals surface area contributed by atoms with Crippen molar-refractivity contribution in [3.05, 3.63) is 59.7 Å². The number of amides is 5. The topological polar surface area (TPSA) is 187 Å². The molecule has 2 heterocycles. The number of hydrogen-bond donors (Lipinski definition) is 5. The maximum absolute atomic E-state index is 13.3. The van der Waals surface area contributed by atoms with Crippen LogP contribution in [0.2, 0.25) is 0 Å². The van der Waals surface area contributed by atoms with Gasteiger partial charge >= 0.3 is 12.0 Å². The van der Waals surface area contributed by atoms with Crippen molar-refractivity contribution in [3.8, 4) is 0 Å². The number of aliphatic hydroxyl groups is 1. The number of aliphatic hydroxyl groups excluding tert-OH is 1. The lowest BCUT2D eigenvalue weighted by molar-refractivity contribution is -0.154. The molecule has 50 heavy (non-hydrogen) atoms. The maximum atomic E-state index is 13.3. The fourth-order valence-corrected chi connectivity index (χ4v) is 5.95. The number of likely N-dealkylation sites (tertiary alicyclic amines) is 1. The van der Waals surface area contributed by atoms with Crippen LogP contribution >= 0.6 is 0 Å². The Morgan fingerprint density at radius 1 is 0.920 bits per heavy atom. The van der Waals surface area contributed by atoms with Crippen LogP contribution in [0.3, 0.4) is 0 Å². The number of carbonyl (C=O) groups excluding carboxylic acids is 4. The minimum absolute atomic E-state index is 0.0211. The molecule has 2 fully saturated rings. The highest BCUT2D eigenvalue weighted by atomic mass is 16.5. The number of ether oxygens (including phenoxy) is 2. The van der Waals surface area contributed by atoms with Gasteiger partial charge in [-0.25, -0.2) is 4.79 Å². The summed E-state index contributed by atoms with van der Waals surface area (Å²) >= 11 is 0. The molecule has 1 atom stereocenters. The van der Waals surface area contributed by atoms with Gasteiger partial charge in [0.2, 0.25) is 17.7 Å². The molecule has 0 aromatic heterocycles. The van der Waals surface area contributed by atoms with E-state index in [4.69, 9.17) is 19.7 Å². The Kier molecular flexibility index (Phi) is 14.1. The molecule has 0 spiro atoms. The average molecular weight is 696 g/mol. The second-order valence-electron chi connectivity index (χ2n) is 13.3. The molecule has 5 N–H and O–H groups in total. The number of piperidine rings is 1. The lowest BCUT2D eigenvalue weighted by Crippen LogP contribution is -2.58. The second-order valence-corrected chi connectivity index (χ2v) is 13.3. The molecule has 272 valence electrons. The quantitative estimate of drug-likeness (QED) is 0.187. The fourth-order valence-electron chi connectivity index (χ4n) is 5.95. The maximum Gasteiger partial charge on any atom is 0.323 e. The Hall–Kier alpha value is -4.53. The number of carboxylic acid groups (broad SMARTS) is 1. The number of aliphatic carboxylic acids is 1. The number of carboxylic acids is 1. The van der Waals surface area contributed by atoms with Crippen molar-refractivity contribution in [2.24, 2.45) is 5.92 Å². The molecule has 2 aromatic carbocycles. The third-order valence-corrected chi connectivity index (χ3v) is 8.93. The highest BCUT2D eigenvalue weighted by molar-refractivity contribution is 5.99. The van der Waals surface area contributed by atoms with Crippen molar-refractivity contribution < 1.29 is 43.7 Å². The van der Waals surface area contributed by atoms with Crippen LogP contribution < -0.4 is 16.0 Å². The van der Waals surface area contributed by atoms with Gasteiger partial charge in [-0.05, 0) is 74.4 Å². The number of hydrogen-bond acceptors (Lipinski definition) is 8. The van der Waals surface area contributed by atoms with E-state index < -0.39 is 23.6 Å². The highest BCUT2D eigenvalue weighted by Gasteiger charge is 2.36. The summed E-state index contributed by atoms with van der Waals surface area (Å²) in [6.45, 7) is 6.05. The zero-order valence-corrected chi connectivity index (χ0v) is 28.8. The van der Waals surface area contributed by atoms with Crippen LogP contribution in [0.4, 0.5) is 16.2 Å². The molecule has 0 aliphatic carbocycles. The summed E-state index contributed by atoms with van der Waals surface area (Å²) < 4.78 is 11.2. The van der Waals surface area contributed by atoms with Gasteiger partial charge in [0.05, 0.1) is 31.8 Å². The van der Waals surface area contributed by atoms with Crippen molar-refractivity contribution in [3.63, 3.8) is 0 Å². The number of nitrogens with zero attached hydrogens (tertiary/aromatic N) is 2. The lowest BCUT2D eigenvalue weighted by Gasteiger charge is -2.39. The molecule has 14 heteroatoms. The molecule has 0 unspecified atom stereocenters. The number of morpholine rings is 1. The molecule has 0 bridgehead atoms. The van der Waals surface area contributed by atoms with Gasteiger partial charge in [0.1, 0.15) is 6.04 Å². The largest absolute Gasteiger partial charge is 0.481 e. The molecule has 0 radical (unpaired) electrons. The summed E-state index contributed by atoms with van der Waals surface area (Å²) in [5, 5.41) is 26.5. The van der Waals surface area contributed by atoms with E-state index in [9.17, 15) is 24.0 Å². The Labute approximate surface area is 292 Å². The van der Waals surface area contributed by atoms with E-state index >= 15 is 0 Å². The number of benzene rings is 2. The van der Waals surface area contributed by atoms with Crippen molar-refractivity contribution in [2.45, 2.75) is 70.6 Å². The van der Waals surface area contributed by atoms with E-state index in [0.29, 0.717) is 63.4 Å². The van der Waals surface area contributed by atoms with Crippen LogP contribution in [0, 0.1) is 5.92 Å². The number of nitrogens with one attached hydrogen (secondary N) is 3. The molecule has 2 aliphatic rings. The minimum atomic E-state index is -0.832. The van der Waals surface area contributed by atoms with Crippen LogP contribution in [-0.2, 0) is 41.6 Å². The predicted molar refractivity (Wildman–Crippen MR) is 185 cm³/mol. The van der Waals surface area contributed by atoms with E-state index in [1.54, 1.807) is 58.3 Å². The van der Waals surface area contributed by atoms with Gasteiger partial charge < -0.3 is 45.4 Å². The minimum Gasteiger partial charge on any atom is -0.481 e. The molecule has 4 rings (SSSR count). The lowest BCUT2D eigenvalue weighted by atomic mass is 9.93. The summed E-state index contributed by atoms with van der Waals surface area (Å²) in [5.74, 6) is -1.29. The normalized spacial score (nSPS) is 16.8. The average Bonchev–Trinajstić information content (AvgIpc) is 3.08. The molecule has 2 saturated heterocycles. The summed E-state index contributed by atoms with van der Waals surface area (Å²) in [6, 6.07) is 12.8. The molecular formula is C36H49N5O9. The van der Waals surface area contributed by atoms with Crippen molar-refractivity contribution >= 4 is 41.1 Å². The van der Waals surface area contributed by atoms with Gasteiger partial charge in [0.15, 0.2) is 0 Å². The third kappa shape index (κ3) is 12.1. The van der Waals surface area contributed by atoms with Crippen LogP contribution in [0.25, 0.3) is 0 Å². The summed E-state index contributed by atoms with van der Waals surface area (Å²) in [6.07, 6.45) is 2.12. The van der Waals surface area contributed by atoms with Gasteiger partial charge in [-0.2, -0.15) is 0 Å². The van der Waals surface area contributed by atoms with E-state index in [1.165, 1.54) is 0 Å². The van der Waals surface area contributed by atoms with E-state index in [0.717, 1.165) is 11.1 Å². The smallest absolute Gasteiger partial charge is 0.323 e. The molecule has 2 aromatic rings. The number of anilines is 2. The van der Waals surface area contributed by atoms with Crippen LogP contribution in [0.5, 0.6) is 0 Å². The summed E-state index contributed by atoms with van der Waals surface area (Å²) in [7, 11) is 0. The second kappa shape index (κ2) is 18.5. The predicted octanol–water partition coefficient (Wildman–Crippen LogP) is 3.00. The summed E-state index contributed by atoms with van der Waals surface area (Å²) in [4.78, 5) is 65.8. The number of urea groups is 1. The molecule has 2 aliphatic heterocycles. The number of rotatable bonds is 15. The van der Waals surface area contributed by atoms with E-state index in [1.807, 2.05) is 13.8 Å². The SMILES string of the molecule is CC(C)(CCO)OCCC(=O)NCc1ccc(NC(=O)Nc2ccc(CC(=O)N3CCOC[C@H]3C(=O)N3CCC(CC(=O)O)CC3)cc2)cc1. The molecule has 14 nitrogen and oxygen atoms in total. The summed E-state index contributed by atoms with van der Waals surface area (Å²) in [5.41, 5.74) is 2.21. The van der Waals surface area contributed by atoms with Crippen molar-refractivity contribution in [2.75, 3.05) is 56.7 Å². The van der Waals surface area contributed by atoms with Crippen LogP contribution in [0.1, 0.15) is 57.1 Å². The number of carbonyl (C=O) groups is 5. The van der Waals surface area contributed by atoms with Crippen LogP contribution in [-0.4, -0.2) is 107 Å². The molecule has 5 amide bonds. The highest BCUT2D eigenvalue weighted by Crippen LogP contribution is 2.23. The first kappa shape index (κ1) is 38.3. The van der Waals surface area contributed by atoms with E-state index in [2.05, 4.69) is 16.0 Å². The third-order valence-electron chi connectivity index (χ3n) is 8.93. The van der Waals surface area contributed by atoms with Crippen molar-refractivity contribution in [1.82, 2.24) is 15.1 Å². The van der Waals surface area contributed by atoms with Gasteiger partial charge in [0, 0.05) is 57.0 Å². The van der Waals surface area contributed by atoms with Gasteiger partial charge in [0.25, 0.3) is 0 Å². The zero-order valence-electron chi connectivity index (χ0n) is 28.8. The molecular weight excluding hydrogens is 646 g/mol. The zero-order chi connectivity index (χ0) is 36.1. The van der Waals surface area contributed by atoms with Crippen LogP contribution in [0.15, 0.2) is 48.5 Å². The van der Waals surface area contributed by atoms with Crippen molar-refractivity contribution in [1.29, 1.82) is 0 Å². The van der Waals surface area contributed by atoms with E-state index in [-0.39, 0.29) is 62.7 Å². The van der Waals surface area contributed by atoms with Gasteiger partial charge in [-0.1, -0.05) is 24.3 Å². The van der Waals surface area contributed by atoms with Gasteiger partial charge in [-0.3, -0.25) is 19.2 Å². The Morgan fingerprint density at radius 2 is 1.54 bits per heavy atom. The first-order chi connectivity index (χ1) is 23.9. The fraction of sp³-hybridized carbons (Fsp3) is 0.528. The first-order valence-electron chi connectivity index (χ1n) is 17.1. The van der Waals surface area contributed by atoms with Gasteiger partial charge in [-0.15, -0.1) is 0 Å². The Bertz CT molecular complexity index is 1460. The monoisotopic (exact) mass is 695 g/mol. The Morgan fingerprint density at radius 3 is 2.14 bits per heavy atom. The first-order valence-corrected chi connectivity index (χ1v) is 17.1. The Balaban J connectivity index is 1.19. The standard InChI is InChI=1S/C36H49N5O9/c1-36(2,14-18-42)50-19-13-31(43)37-23-27-5-9-29(10-6-27)39-35(48)38-28-7-3-25(4-8-28)21-32(44)41-17-20-49-24-30(41)34(47)40-15-11-26(12-16-40)22-33(45)46/h3-10,26,30,42H,11-24H2,1-2H3,(H,37,43)(H,45,46)(H2,38,39,48)/t30-/m0/s1. The molecule has 0 saturated carbocycles.